The maximum Gasteiger partial charge on any atom is 0.350 e. The van der Waals surface area contributed by atoms with Gasteiger partial charge >= 0.3 is 5.97 Å². The number of benzene rings is 1. The summed E-state index contributed by atoms with van der Waals surface area (Å²) in [6, 6.07) is 10.2. The molecule has 7 nitrogen and oxygen atoms in total. The maximum absolute atomic E-state index is 13.2. The van der Waals surface area contributed by atoms with Crippen LogP contribution in [0.4, 0.5) is 0 Å². The van der Waals surface area contributed by atoms with E-state index >= 15 is 0 Å². The van der Waals surface area contributed by atoms with Crippen LogP contribution in [0.5, 0.6) is 0 Å². The summed E-state index contributed by atoms with van der Waals surface area (Å²) in [7, 11) is -3.81. The number of sulfonamides is 1. The highest BCUT2D eigenvalue weighted by Crippen LogP contribution is 2.30. The highest BCUT2D eigenvalue weighted by atomic mass is 32.2. The average molecular weight is 449 g/mol. The van der Waals surface area contributed by atoms with Crippen molar-refractivity contribution < 1.29 is 22.7 Å². The van der Waals surface area contributed by atoms with Crippen LogP contribution in [0.2, 0.25) is 0 Å². The van der Waals surface area contributed by atoms with Crippen LogP contribution in [-0.2, 0) is 19.6 Å². The molecule has 1 aliphatic carbocycles. The van der Waals surface area contributed by atoms with Gasteiger partial charge in [0.1, 0.15) is 9.77 Å². The Labute approximate surface area is 180 Å². The largest absolute Gasteiger partial charge is 0.443 e. The first-order chi connectivity index (χ1) is 14.5. The normalized spacial score (nSPS) is 18.1. The number of carbonyl (C=O) groups is 2. The van der Waals surface area contributed by atoms with E-state index in [1.807, 2.05) is 6.07 Å². The quantitative estimate of drug-likeness (QED) is 0.657. The van der Waals surface area contributed by atoms with Crippen LogP contribution in [0.15, 0.2) is 46.7 Å². The summed E-state index contributed by atoms with van der Waals surface area (Å²) in [4.78, 5) is 27.7. The SMILES string of the molecule is O=C(O[C@@H](C(=O)N1CCCCC1)c1ccccc1)c1sccc1S(=O)(=O)NC1CC1. The molecule has 30 heavy (non-hydrogen) atoms. The van der Waals surface area contributed by atoms with Crippen molar-refractivity contribution in [2.75, 3.05) is 13.1 Å². The molecule has 1 aromatic heterocycles. The molecule has 2 fully saturated rings. The van der Waals surface area contributed by atoms with E-state index in [1.165, 1.54) is 6.07 Å². The zero-order valence-electron chi connectivity index (χ0n) is 16.5. The van der Waals surface area contributed by atoms with E-state index in [-0.39, 0.29) is 21.7 Å². The van der Waals surface area contributed by atoms with Crippen molar-refractivity contribution >= 4 is 33.2 Å². The van der Waals surface area contributed by atoms with E-state index < -0.39 is 22.1 Å². The lowest BCUT2D eigenvalue weighted by Crippen LogP contribution is -2.40. The molecular formula is C21H24N2O5S2. The van der Waals surface area contributed by atoms with Crippen molar-refractivity contribution in [3.05, 3.63) is 52.2 Å². The predicted molar refractivity (Wildman–Crippen MR) is 113 cm³/mol. The molecule has 2 aromatic rings. The third-order valence-corrected chi connectivity index (χ3v) is 7.81. The van der Waals surface area contributed by atoms with Gasteiger partial charge in [0.25, 0.3) is 5.91 Å². The fraction of sp³-hybridized carbons (Fsp3) is 0.429. The van der Waals surface area contributed by atoms with Gasteiger partial charge in [-0.1, -0.05) is 30.3 Å². The second-order valence-corrected chi connectivity index (χ2v) is 10.2. The Morgan fingerprint density at radius 3 is 2.43 bits per heavy atom. The number of rotatable bonds is 7. The topological polar surface area (TPSA) is 92.8 Å². The van der Waals surface area contributed by atoms with Crippen molar-refractivity contribution in [1.82, 2.24) is 9.62 Å². The predicted octanol–water partition coefficient (Wildman–Crippen LogP) is 3.10. The van der Waals surface area contributed by atoms with Crippen molar-refractivity contribution in [1.29, 1.82) is 0 Å². The fourth-order valence-electron chi connectivity index (χ4n) is 3.47. The van der Waals surface area contributed by atoms with Gasteiger partial charge in [0.15, 0.2) is 0 Å². The monoisotopic (exact) mass is 448 g/mol. The fourth-order valence-corrected chi connectivity index (χ4v) is 6.08. The Morgan fingerprint density at radius 2 is 1.77 bits per heavy atom. The summed E-state index contributed by atoms with van der Waals surface area (Å²) in [5, 5.41) is 1.54. The van der Waals surface area contributed by atoms with E-state index in [4.69, 9.17) is 4.74 Å². The highest BCUT2D eigenvalue weighted by Gasteiger charge is 2.35. The first-order valence-electron chi connectivity index (χ1n) is 10.1. The van der Waals surface area contributed by atoms with Gasteiger partial charge in [0, 0.05) is 24.7 Å². The summed E-state index contributed by atoms with van der Waals surface area (Å²) in [6.45, 7) is 1.26. The molecule has 2 heterocycles. The number of carbonyl (C=O) groups excluding carboxylic acids is 2. The maximum atomic E-state index is 13.2. The summed E-state index contributed by atoms with van der Waals surface area (Å²) >= 11 is 0.998. The summed E-state index contributed by atoms with van der Waals surface area (Å²) in [6.07, 6.45) is 3.39. The number of hydrogen-bond acceptors (Lipinski definition) is 6. The molecule has 0 bridgehead atoms. The minimum Gasteiger partial charge on any atom is -0.443 e. The molecule has 9 heteroatoms. The first-order valence-corrected chi connectivity index (χ1v) is 12.5. The van der Waals surface area contributed by atoms with Crippen LogP contribution in [0, 0.1) is 0 Å². The smallest absolute Gasteiger partial charge is 0.350 e. The van der Waals surface area contributed by atoms with E-state index in [0.717, 1.165) is 43.4 Å². The second kappa shape index (κ2) is 8.87. The van der Waals surface area contributed by atoms with Crippen LogP contribution >= 0.6 is 11.3 Å². The lowest BCUT2D eigenvalue weighted by Gasteiger charge is -2.30. The lowest BCUT2D eigenvalue weighted by atomic mass is 10.1. The molecule has 1 aliphatic heterocycles. The van der Waals surface area contributed by atoms with Crippen LogP contribution in [0.25, 0.3) is 0 Å². The van der Waals surface area contributed by atoms with Gasteiger partial charge in [-0.25, -0.2) is 17.9 Å². The van der Waals surface area contributed by atoms with Gasteiger partial charge in [0.05, 0.1) is 0 Å². The molecule has 1 amide bonds. The van der Waals surface area contributed by atoms with Crippen molar-refractivity contribution in [3.63, 3.8) is 0 Å². The van der Waals surface area contributed by atoms with Gasteiger partial charge in [-0.15, -0.1) is 11.3 Å². The minimum absolute atomic E-state index is 0.0180. The molecule has 1 saturated carbocycles. The summed E-state index contributed by atoms with van der Waals surface area (Å²) in [5.74, 6) is -1.08. The summed E-state index contributed by atoms with van der Waals surface area (Å²) in [5.41, 5.74) is 0.568. The average Bonchev–Trinajstić information content (AvgIpc) is 3.41. The lowest BCUT2D eigenvalue weighted by molar-refractivity contribution is -0.142. The Balaban J connectivity index is 1.58. The van der Waals surface area contributed by atoms with Gasteiger partial charge in [-0.05, 0) is 43.6 Å². The minimum atomic E-state index is -3.81. The molecule has 1 N–H and O–H groups in total. The van der Waals surface area contributed by atoms with Crippen molar-refractivity contribution in [2.24, 2.45) is 0 Å². The molecule has 160 valence electrons. The molecule has 1 atom stereocenters. The standard InChI is InChI=1S/C21H24N2O5S2/c24-20(23-12-5-2-6-13-23)18(15-7-3-1-4-8-15)28-21(25)19-17(11-14-29-19)30(26,27)22-16-9-10-16/h1,3-4,7-8,11,14,16,18,22H,2,5-6,9-10,12-13H2/t18-/m1/s1. The number of ether oxygens (including phenoxy) is 1. The van der Waals surface area contributed by atoms with Crippen molar-refractivity contribution in [3.8, 4) is 0 Å². The molecule has 4 rings (SSSR count). The number of thiophene rings is 1. The molecule has 0 radical (unpaired) electrons. The second-order valence-electron chi connectivity index (χ2n) is 7.59. The molecular weight excluding hydrogens is 424 g/mol. The van der Waals surface area contributed by atoms with Crippen LogP contribution in [0.3, 0.4) is 0 Å². The number of amides is 1. The number of nitrogens with one attached hydrogen (secondary N) is 1. The number of piperidine rings is 1. The number of nitrogens with zero attached hydrogens (tertiary/aromatic N) is 1. The third-order valence-electron chi connectivity index (χ3n) is 5.22. The van der Waals surface area contributed by atoms with E-state index in [0.29, 0.717) is 18.7 Å². The summed E-state index contributed by atoms with van der Waals surface area (Å²) < 4.78 is 33.5. The zero-order chi connectivity index (χ0) is 21.1. The Morgan fingerprint density at radius 1 is 1.07 bits per heavy atom. The zero-order valence-corrected chi connectivity index (χ0v) is 18.1. The molecule has 2 aliphatic rings. The van der Waals surface area contributed by atoms with Crippen LogP contribution in [-0.4, -0.2) is 44.3 Å². The van der Waals surface area contributed by atoms with Crippen molar-refractivity contribution in [2.45, 2.75) is 49.1 Å². The molecule has 0 unspecified atom stereocenters. The molecule has 1 aromatic carbocycles. The van der Waals surface area contributed by atoms with E-state index in [1.54, 1.807) is 34.5 Å². The first kappa shape index (κ1) is 21.0. The van der Waals surface area contributed by atoms with Crippen LogP contribution in [0.1, 0.15) is 53.4 Å². The van der Waals surface area contributed by atoms with E-state index in [2.05, 4.69) is 4.72 Å². The van der Waals surface area contributed by atoms with Gasteiger partial charge in [-0.3, -0.25) is 4.79 Å². The van der Waals surface area contributed by atoms with Crippen LogP contribution < -0.4 is 4.72 Å². The number of likely N-dealkylation sites (tertiary alicyclic amines) is 1. The third kappa shape index (κ3) is 4.74. The highest BCUT2D eigenvalue weighted by molar-refractivity contribution is 7.89. The Hall–Kier alpha value is -2.23. The Kier molecular flexibility index (Phi) is 6.21. The molecule has 1 saturated heterocycles. The van der Waals surface area contributed by atoms with Gasteiger partial charge in [0.2, 0.25) is 16.1 Å². The number of esters is 1. The Bertz CT molecular complexity index is 1010. The van der Waals surface area contributed by atoms with E-state index in [9.17, 15) is 18.0 Å². The van der Waals surface area contributed by atoms with Gasteiger partial charge in [-0.2, -0.15) is 0 Å². The molecule has 0 spiro atoms. The van der Waals surface area contributed by atoms with Gasteiger partial charge < -0.3 is 9.64 Å². The number of hydrogen-bond donors (Lipinski definition) is 1.